The van der Waals surface area contributed by atoms with Crippen LogP contribution in [0.1, 0.15) is 62.5 Å². The number of aryl methyl sites for hydroxylation is 2. The summed E-state index contributed by atoms with van der Waals surface area (Å²) >= 11 is 0. The lowest BCUT2D eigenvalue weighted by Gasteiger charge is -2.45. The maximum Gasteiger partial charge on any atom is 0.243 e. The highest BCUT2D eigenvalue weighted by molar-refractivity contribution is 7.89. The Bertz CT molecular complexity index is 887. The first-order valence-electron chi connectivity index (χ1n) is 11.5. The second kappa shape index (κ2) is 10.2. The molecule has 8 heteroatoms. The molecule has 1 aromatic rings. The number of hydrogen-bond acceptors (Lipinski definition) is 5. The number of piperidine rings is 1. The van der Waals surface area contributed by atoms with Crippen molar-refractivity contribution in [2.24, 2.45) is 4.99 Å². The summed E-state index contributed by atoms with van der Waals surface area (Å²) in [6, 6.07) is 5.94. The molecule has 4 rings (SSSR count). The molecule has 1 spiro atoms. The van der Waals surface area contributed by atoms with Crippen molar-refractivity contribution < 1.29 is 8.42 Å². The Labute approximate surface area is 193 Å². The highest BCUT2D eigenvalue weighted by atomic mass is 35.5. The minimum atomic E-state index is -3.46. The van der Waals surface area contributed by atoms with Gasteiger partial charge in [0.2, 0.25) is 10.0 Å². The van der Waals surface area contributed by atoms with Crippen molar-refractivity contribution in [3.8, 4) is 0 Å². The van der Waals surface area contributed by atoms with Crippen molar-refractivity contribution in [3.63, 3.8) is 0 Å². The molecule has 0 amide bonds. The van der Waals surface area contributed by atoms with Gasteiger partial charge in [0.1, 0.15) is 5.84 Å². The van der Waals surface area contributed by atoms with Crippen molar-refractivity contribution >= 4 is 28.3 Å². The molecule has 1 saturated heterocycles. The third kappa shape index (κ3) is 5.27. The molecule has 2 heterocycles. The molecule has 0 aromatic heterocycles. The van der Waals surface area contributed by atoms with Crippen LogP contribution in [-0.2, 0) is 10.0 Å². The van der Waals surface area contributed by atoms with Gasteiger partial charge in [0.25, 0.3) is 0 Å². The topological polar surface area (TPSA) is 73.8 Å². The molecule has 0 unspecified atom stereocenters. The van der Waals surface area contributed by atoms with E-state index in [1.54, 1.807) is 16.4 Å². The van der Waals surface area contributed by atoms with E-state index in [-0.39, 0.29) is 17.9 Å². The standard InChI is InChI=1S/C23H36N4O2S.ClH/c1-18-9-10-21(17-19(18)2)30(28,29)27-15-11-23(12-16-27)22(24-13-14-25-23)26-20-7-5-3-4-6-8-20;/h9-10,17,20,25H,3-8,11-16H2,1-2H3,(H,24,26);1H. The predicted octanol–water partition coefficient (Wildman–Crippen LogP) is 3.56. The lowest BCUT2D eigenvalue weighted by atomic mass is 9.85. The smallest absolute Gasteiger partial charge is 0.243 e. The number of nitrogens with one attached hydrogen (secondary N) is 2. The SMILES string of the molecule is Cc1ccc(S(=O)(=O)N2CCC3(CC2)NCCN=C3NC2CCCCCC2)cc1C.Cl. The summed E-state index contributed by atoms with van der Waals surface area (Å²) in [4.78, 5) is 5.28. The zero-order chi connectivity index (χ0) is 21.2. The van der Waals surface area contributed by atoms with Crippen LogP contribution in [0.3, 0.4) is 0 Å². The lowest BCUT2D eigenvalue weighted by molar-refractivity contribution is 0.239. The van der Waals surface area contributed by atoms with Crippen LogP contribution >= 0.6 is 12.4 Å². The number of sulfonamides is 1. The molecule has 1 aliphatic carbocycles. The molecule has 2 aliphatic heterocycles. The second-order valence-corrected chi connectivity index (χ2v) is 11.2. The van der Waals surface area contributed by atoms with E-state index in [2.05, 4.69) is 10.6 Å². The summed E-state index contributed by atoms with van der Waals surface area (Å²) < 4.78 is 28.1. The first-order chi connectivity index (χ1) is 14.4. The molecule has 2 N–H and O–H groups in total. The fraction of sp³-hybridized carbons (Fsp3) is 0.696. The Morgan fingerprint density at radius 3 is 2.39 bits per heavy atom. The number of aliphatic imine (C=N–C) groups is 1. The Morgan fingerprint density at radius 2 is 1.74 bits per heavy atom. The van der Waals surface area contributed by atoms with Gasteiger partial charge in [-0.1, -0.05) is 31.7 Å². The summed E-state index contributed by atoms with van der Waals surface area (Å²) in [7, 11) is -3.46. The van der Waals surface area contributed by atoms with E-state index in [0.29, 0.717) is 24.0 Å². The first-order valence-corrected chi connectivity index (χ1v) is 13.0. The van der Waals surface area contributed by atoms with Crippen LogP contribution in [-0.4, -0.2) is 56.3 Å². The average Bonchev–Trinajstić information content (AvgIpc) is 3.01. The number of rotatable bonds is 3. The van der Waals surface area contributed by atoms with E-state index in [1.165, 1.54) is 38.5 Å². The quantitative estimate of drug-likeness (QED) is 0.665. The van der Waals surface area contributed by atoms with Crippen LogP contribution in [0.15, 0.2) is 28.1 Å². The van der Waals surface area contributed by atoms with E-state index in [4.69, 9.17) is 4.99 Å². The molecule has 1 aromatic carbocycles. The van der Waals surface area contributed by atoms with Crippen molar-refractivity contribution in [1.29, 1.82) is 0 Å². The van der Waals surface area contributed by atoms with E-state index < -0.39 is 10.0 Å². The molecular weight excluding hydrogens is 432 g/mol. The first kappa shape index (κ1) is 24.5. The molecule has 1 saturated carbocycles. The van der Waals surface area contributed by atoms with Gasteiger partial charge < -0.3 is 10.6 Å². The van der Waals surface area contributed by atoms with Gasteiger partial charge in [0, 0.05) is 25.7 Å². The summed E-state index contributed by atoms with van der Waals surface area (Å²) in [5.74, 6) is 1.07. The van der Waals surface area contributed by atoms with Gasteiger partial charge >= 0.3 is 0 Å². The molecule has 174 valence electrons. The Kier molecular flexibility index (Phi) is 8.05. The zero-order valence-corrected chi connectivity index (χ0v) is 20.5. The Morgan fingerprint density at radius 1 is 1.06 bits per heavy atom. The highest BCUT2D eigenvalue weighted by Gasteiger charge is 2.43. The van der Waals surface area contributed by atoms with Gasteiger partial charge in [-0.15, -0.1) is 12.4 Å². The maximum absolute atomic E-state index is 13.2. The van der Waals surface area contributed by atoms with Gasteiger partial charge in [0.15, 0.2) is 0 Å². The highest BCUT2D eigenvalue weighted by Crippen LogP contribution is 2.30. The fourth-order valence-electron chi connectivity index (χ4n) is 5.04. The maximum atomic E-state index is 13.2. The number of benzene rings is 1. The molecule has 2 fully saturated rings. The lowest BCUT2D eigenvalue weighted by Crippen LogP contribution is -2.65. The minimum Gasteiger partial charge on any atom is -0.370 e. The monoisotopic (exact) mass is 468 g/mol. The molecule has 6 nitrogen and oxygen atoms in total. The van der Waals surface area contributed by atoms with Crippen LogP contribution < -0.4 is 10.6 Å². The normalized spacial score (nSPS) is 23.0. The van der Waals surface area contributed by atoms with Crippen molar-refractivity contribution in [2.75, 3.05) is 26.2 Å². The van der Waals surface area contributed by atoms with Crippen LogP contribution in [0.2, 0.25) is 0 Å². The van der Waals surface area contributed by atoms with Crippen molar-refractivity contribution in [1.82, 2.24) is 14.9 Å². The van der Waals surface area contributed by atoms with Crippen molar-refractivity contribution in [3.05, 3.63) is 29.3 Å². The third-order valence-electron chi connectivity index (χ3n) is 7.19. The summed E-state index contributed by atoms with van der Waals surface area (Å²) in [5, 5.41) is 7.48. The zero-order valence-electron chi connectivity index (χ0n) is 18.8. The van der Waals surface area contributed by atoms with Gasteiger partial charge in [-0.3, -0.25) is 4.99 Å². The van der Waals surface area contributed by atoms with Crippen LogP contribution in [0.25, 0.3) is 0 Å². The number of halogens is 1. The van der Waals surface area contributed by atoms with Crippen LogP contribution in [0.4, 0.5) is 0 Å². The summed E-state index contributed by atoms with van der Waals surface area (Å²) in [5.41, 5.74) is 1.92. The Balaban J connectivity index is 0.00000272. The van der Waals surface area contributed by atoms with Gasteiger partial charge in [-0.25, -0.2) is 8.42 Å². The molecular formula is C23H37ClN4O2S. The molecule has 0 atom stereocenters. The summed E-state index contributed by atoms with van der Waals surface area (Å²) in [6.45, 7) is 6.67. The van der Waals surface area contributed by atoms with Crippen LogP contribution in [0, 0.1) is 13.8 Å². The molecule has 31 heavy (non-hydrogen) atoms. The molecule has 3 aliphatic rings. The largest absolute Gasteiger partial charge is 0.370 e. The van der Waals surface area contributed by atoms with E-state index in [0.717, 1.165) is 42.9 Å². The van der Waals surface area contributed by atoms with Gasteiger partial charge in [-0.2, -0.15) is 4.31 Å². The van der Waals surface area contributed by atoms with Crippen LogP contribution in [0.5, 0.6) is 0 Å². The third-order valence-corrected chi connectivity index (χ3v) is 9.08. The Hall–Kier alpha value is -1.15. The number of hydrogen-bond donors (Lipinski definition) is 2. The number of nitrogens with zero attached hydrogens (tertiary/aromatic N) is 2. The molecule has 0 radical (unpaired) electrons. The fourth-order valence-corrected chi connectivity index (χ4v) is 6.57. The minimum absolute atomic E-state index is 0. The van der Waals surface area contributed by atoms with E-state index >= 15 is 0 Å². The predicted molar refractivity (Wildman–Crippen MR) is 129 cm³/mol. The number of amidine groups is 1. The van der Waals surface area contributed by atoms with Gasteiger partial charge in [0.05, 0.1) is 17.0 Å². The second-order valence-electron chi connectivity index (χ2n) is 9.22. The molecule has 0 bridgehead atoms. The van der Waals surface area contributed by atoms with E-state index in [9.17, 15) is 8.42 Å². The van der Waals surface area contributed by atoms with Crippen molar-refractivity contribution in [2.45, 2.75) is 81.7 Å². The average molecular weight is 469 g/mol. The van der Waals surface area contributed by atoms with E-state index in [1.807, 2.05) is 19.9 Å². The van der Waals surface area contributed by atoms with Gasteiger partial charge in [-0.05, 0) is 62.8 Å². The summed E-state index contributed by atoms with van der Waals surface area (Å²) in [6.07, 6.45) is 9.18.